The second-order valence-corrected chi connectivity index (χ2v) is 4.27. The Morgan fingerprint density at radius 3 is 2.45 bits per heavy atom. The number of halogens is 2. The number of benzene rings is 2. The van der Waals surface area contributed by atoms with Crippen LogP contribution in [0, 0.1) is 5.82 Å². The highest BCUT2D eigenvalue weighted by molar-refractivity contribution is 5.85. The molecule has 2 aromatic carbocycles. The van der Waals surface area contributed by atoms with Gasteiger partial charge in [-0.3, -0.25) is 0 Å². The lowest BCUT2D eigenvalue weighted by Crippen LogP contribution is -2.23. The first-order chi connectivity index (χ1) is 9.16. The van der Waals surface area contributed by atoms with Crippen molar-refractivity contribution in [1.29, 1.82) is 0 Å². The molecule has 0 aromatic heterocycles. The topological polar surface area (TPSA) is 44.5 Å². The van der Waals surface area contributed by atoms with E-state index in [0.717, 1.165) is 0 Å². The Hall–Kier alpha value is -1.78. The van der Waals surface area contributed by atoms with Crippen LogP contribution in [-0.2, 0) is 0 Å². The summed E-state index contributed by atoms with van der Waals surface area (Å²) < 4.78 is 24.8. The van der Waals surface area contributed by atoms with Gasteiger partial charge in [0.25, 0.3) is 0 Å². The predicted octanol–water partition coefficient (Wildman–Crippen LogP) is 3.77. The number of hydrogen-bond donors (Lipinski definition) is 1. The van der Waals surface area contributed by atoms with Gasteiger partial charge in [-0.15, -0.1) is 12.4 Å². The average Bonchev–Trinajstić information content (AvgIpc) is 2.40. The second-order valence-electron chi connectivity index (χ2n) is 4.27. The summed E-state index contributed by atoms with van der Waals surface area (Å²) in [4.78, 5) is 0. The van der Waals surface area contributed by atoms with Crippen molar-refractivity contribution in [3.63, 3.8) is 0 Å². The Morgan fingerprint density at radius 1 is 1.10 bits per heavy atom. The van der Waals surface area contributed by atoms with Crippen LogP contribution in [-0.4, -0.2) is 12.6 Å². The summed E-state index contributed by atoms with van der Waals surface area (Å²) in [7, 11) is 0. The molecule has 0 radical (unpaired) electrons. The molecule has 0 spiro atoms. The molecule has 0 heterocycles. The minimum atomic E-state index is -0.467. The third-order valence-electron chi connectivity index (χ3n) is 2.40. The molecule has 0 aliphatic carbocycles. The molecule has 108 valence electrons. The monoisotopic (exact) mass is 297 g/mol. The zero-order valence-electron chi connectivity index (χ0n) is 11.1. The van der Waals surface area contributed by atoms with Gasteiger partial charge in [-0.25, -0.2) is 4.39 Å². The zero-order valence-corrected chi connectivity index (χ0v) is 11.9. The van der Waals surface area contributed by atoms with Crippen molar-refractivity contribution in [1.82, 2.24) is 0 Å². The van der Waals surface area contributed by atoms with Gasteiger partial charge in [0.05, 0.1) is 0 Å². The van der Waals surface area contributed by atoms with Crippen molar-refractivity contribution in [3.05, 3.63) is 54.3 Å². The SMILES string of the molecule is C[C@@H](N)COc1cccc(F)c1Oc1ccccc1.Cl. The summed E-state index contributed by atoms with van der Waals surface area (Å²) in [5.74, 6) is 0.514. The highest BCUT2D eigenvalue weighted by atomic mass is 35.5. The van der Waals surface area contributed by atoms with Crippen molar-refractivity contribution < 1.29 is 13.9 Å². The molecular formula is C15H17ClFNO2. The largest absolute Gasteiger partial charge is 0.488 e. The van der Waals surface area contributed by atoms with Crippen LogP contribution in [0.15, 0.2) is 48.5 Å². The van der Waals surface area contributed by atoms with Gasteiger partial charge in [-0.05, 0) is 31.2 Å². The van der Waals surface area contributed by atoms with Crippen LogP contribution in [0.1, 0.15) is 6.92 Å². The molecule has 5 heteroatoms. The number of ether oxygens (including phenoxy) is 2. The van der Waals surface area contributed by atoms with Gasteiger partial charge < -0.3 is 15.2 Å². The van der Waals surface area contributed by atoms with Crippen LogP contribution in [0.4, 0.5) is 4.39 Å². The summed E-state index contributed by atoms with van der Waals surface area (Å²) in [6.45, 7) is 2.12. The molecule has 2 aromatic rings. The number of rotatable bonds is 5. The van der Waals surface area contributed by atoms with Gasteiger partial charge in [0.15, 0.2) is 11.6 Å². The molecule has 20 heavy (non-hydrogen) atoms. The summed E-state index contributed by atoms with van der Waals surface area (Å²) >= 11 is 0. The average molecular weight is 298 g/mol. The van der Waals surface area contributed by atoms with Crippen molar-refractivity contribution in [2.75, 3.05) is 6.61 Å². The van der Waals surface area contributed by atoms with E-state index < -0.39 is 5.82 Å². The fraction of sp³-hybridized carbons (Fsp3) is 0.200. The lowest BCUT2D eigenvalue weighted by Gasteiger charge is -2.14. The fourth-order valence-corrected chi connectivity index (χ4v) is 1.53. The molecule has 2 N–H and O–H groups in total. The molecule has 0 aliphatic heterocycles. The van der Waals surface area contributed by atoms with Gasteiger partial charge in [0.2, 0.25) is 5.75 Å². The number of nitrogens with two attached hydrogens (primary N) is 1. The molecule has 0 saturated heterocycles. The third kappa shape index (κ3) is 4.40. The Labute approximate surface area is 123 Å². The van der Waals surface area contributed by atoms with E-state index in [2.05, 4.69) is 0 Å². The molecule has 0 unspecified atom stereocenters. The summed E-state index contributed by atoms with van der Waals surface area (Å²) in [6.07, 6.45) is 0. The highest BCUT2D eigenvalue weighted by Gasteiger charge is 2.12. The number of hydrogen-bond acceptors (Lipinski definition) is 3. The van der Waals surface area contributed by atoms with E-state index in [-0.39, 0.29) is 24.2 Å². The van der Waals surface area contributed by atoms with E-state index >= 15 is 0 Å². The first kappa shape index (κ1) is 16.3. The molecule has 0 bridgehead atoms. The maximum Gasteiger partial charge on any atom is 0.204 e. The minimum Gasteiger partial charge on any atom is -0.488 e. The van der Waals surface area contributed by atoms with Crippen molar-refractivity contribution in [3.8, 4) is 17.2 Å². The first-order valence-corrected chi connectivity index (χ1v) is 6.06. The van der Waals surface area contributed by atoms with Gasteiger partial charge in [0.1, 0.15) is 12.4 Å². The molecule has 1 atom stereocenters. The molecule has 0 amide bonds. The molecule has 0 saturated carbocycles. The predicted molar refractivity (Wildman–Crippen MR) is 79.3 cm³/mol. The normalized spacial score (nSPS) is 11.3. The lowest BCUT2D eigenvalue weighted by molar-refractivity contribution is 0.279. The van der Waals surface area contributed by atoms with Crippen LogP contribution in [0.3, 0.4) is 0 Å². The first-order valence-electron chi connectivity index (χ1n) is 6.06. The van der Waals surface area contributed by atoms with Crippen LogP contribution in [0.25, 0.3) is 0 Å². The van der Waals surface area contributed by atoms with Crippen molar-refractivity contribution >= 4 is 12.4 Å². The van der Waals surface area contributed by atoms with Crippen LogP contribution >= 0.6 is 12.4 Å². The third-order valence-corrected chi connectivity index (χ3v) is 2.40. The number of para-hydroxylation sites is 2. The molecule has 0 aliphatic rings. The molecule has 0 fully saturated rings. The highest BCUT2D eigenvalue weighted by Crippen LogP contribution is 2.34. The maximum absolute atomic E-state index is 13.8. The van der Waals surface area contributed by atoms with E-state index in [4.69, 9.17) is 15.2 Å². The van der Waals surface area contributed by atoms with E-state index in [1.54, 1.807) is 24.3 Å². The Kier molecular flexibility index (Phi) is 6.28. The summed E-state index contributed by atoms with van der Waals surface area (Å²) in [5, 5.41) is 0. The molecular weight excluding hydrogens is 281 g/mol. The van der Waals surface area contributed by atoms with Crippen LogP contribution < -0.4 is 15.2 Å². The minimum absolute atomic E-state index is 0. The quantitative estimate of drug-likeness (QED) is 0.914. The van der Waals surface area contributed by atoms with Gasteiger partial charge in [-0.1, -0.05) is 24.3 Å². The van der Waals surface area contributed by atoms with Gasteiger partial charge in [-0.2, -0.15) is 0 Å². The van der Waals surface area contributed by atoms with E-state index in [9.17, 15) is 4.39 Å². The molecule has 3 nitrogen and oxygen atoms in total. The Morgan fingerprint density at radius 2 is 1.80 bits per heavy atom. The summed E-state index contributed by atoms with van der Waals surface area (Å²) in [6, 6.07) is 13.4. The Bertz CT molecular complexity index is 535. The fourth-order valence-electron chi connectivity index (χ4n) is 1.53. The van der Waals surface area contributed by atoms with Crippen LogP contribution in [0.2, 0.25) is 0 Å². The Balaban J connectivity index is 0.00000200. The zero-order chi connectivity index (χ0) is 13.7. The smallest absolute Gasteiger partial charge is 0.204 e. The van der Waals surface area contributed by atoms with E-state index in [1.807, 2.05) is 25.1 Å². The maximum atomic E-state index is 13.8. The van der Waals surface area contributed by atoms with Gasteiger partial charge in [0, 0.05) is 6.04 Å². The van der Waals surface area contributed by atoms with Crippen LogP contribution in [0.5, 0.6) is 17.2 Å². The second kappa shape index (κ2) is 7.72. The summed E-state index contributed by atoms with van der Waals surface area (Å²) in [5.41, 5.74) is 5.62. The molecule has 2 rings (SSSR count). The van der Waals surface area contributed by atoms with Gasteiger partial charge >= 0.3 is 0 Å². The van der Waals surface area contributed by atoms with E-state index in [0.29, 0.717) is 18.1 Å². The standard InChI is InChI=1S/C15H16FNO2.ClH/c1-11(17)10-18-14-9-5-8-13(16)15(14)19-12-6-3-2-4-7-12;/h2-9,11H,10,17H2,1H3;1H/t11-;/m1./s1. The van der Waals surface area contributed by atoms with E-state index in [1.165, 1.54) is 6.07 Å². The lowest BCUT2D eigenvalue weighted by atomic mass is 10.3. The van der Waals surface area contributed by atoms with Crippen molar-refractivity contribution in [2.45, 2.75) is 13.0 Å². The van der Waals surface area contributed by atoms with Crippen molar-refractivity contribution in [2.24, 2.45) is 5.73 Å².